The van der Waals surface area contributed by atoms with Crippen LogP contribution in [0.25, 0.3) is 0 Å². The van der Waals surface area contributed by atoms with Gasteiger partial charge in [0, 0.05) is 13.0 Å². The molecule has 0 bridgehead atoms. The molecule has 0 amide bonds. The average molecular weight is 210 g/mol. The van der Waals surface area contributed by atoms with Crippen LogP contribution in [0.5, 0.6) is 0 Å². The Kier molecular flexibility index (Phi) is 5.60. The van der Waals surface area contributed by atoms with Crippen LogP contribution in [0.1, 0.15) is 12.8 Å². The largest absolute Gasteiger partial charge is 0.346 e. The second-order valence-electron chi connectivity index (χ2n) is 2.40. The molecule has 0 aliphatic heterocycles. The van der Waals surface area contributed by atoms with E-state index in [0.717, 1.165) is 0 Å². The van der Waals surface area contributed by atoms with E-state index in [-0.39, 0.29) is 18.7 Å². The lowest BCUT2D eigenvalue weighted by Crippen LogP contribution is -2.21. The fourth-order valence-corrected chi connectivity index (χ4v) is 1.35. The topological polar surface area (TPSA) is 112 Å². The Hall–Kier alpha value is -0.660. The zero-order valence-corrected chi connectivity index (χ0v) is 8.05. The minimum atomic E-state index is -3.78. The maximum atomic E-state index is 10.8. The van der Waals surface area contributed by atoms with Crippen LogP contribution in [0.2, 0.25) is 0 Å². The van der Waals surface area contributed by atoms with Crippen LogP contribution in [0, 0.1) is 0 Å². The van der Waals surface area contributed by atoms with Crippen molar-refractivity contribution in [3.63, 3.8) is 0 Å². The first-order valence-corrected chi connectivity index (χ1v) is 5.44. The molecule has 0 radical (unpaired) electrons. The first-order chi connectivity index (χ1) is 6.02. The van der Waals surface area contributed by atoms with E-state index in [9.17, 15) is 13.2 Å². The van der Waals surface area contributed by atoms with E-state index >= 15 is 0 Å². The molecule has 0 fully saturated rings. The van der Waals surface area contributed by atoms with Gasteiger partial charge in [0.05, 0.1) is 5.75 Å². The summed E-state index contributed by atoms with van der Waals surface area (Å²) in [6.45, 7) is 0.262. The number of hydrogen-bond donors (Lipinski definition) is 2. The van der Waals surface area contributed by atoms with Crippen LogP contribution in [0.15, 0.2) is 0 Å². The van der Waals surface area contributed by atoms with E-state index in [0.29, 0.717) is 13.0 Å². The Morgan fingerprint density at radius 1 is 1.23 bits per heavy atom. The lowest BCUT2D eigenvalue weighted by atomic mass is 10.3. The summed E-state index contributed by atoms with van der Waals surface area (Å²) in [4.78, 5) is 10.8. The first-order valence-electron chi connectivity index (χ1n) is 3.87. The van der Waals surface area contributed by atoms with E-state index in [2.05, 4.69) is 4.18 Å². The van der Waals surface area contributed by atoms with Crippen LogP contribution < -0.4 is 11.5 Å². The minimum Gasteiger partial charge on any atom is -0.346 e. The monoisotopic (exact) mass is 210 g/mol. The number of rotatable bonds is 6. The summed E-state index contributed by atoms with van der Waals surface area (Å²) in [6.07, 6.45) is 0.428. The van der Waals surface area contributed by atoms with Gasteiger partial charge in [-0.15, -0.1) is 0 Å². The summed E-state index contributed by atoms with van der Waals surface area (Å²) in [6, 6.07) is 0. The second kappa shape index (κ2) is 5.90. The molecule has 0 saturated carbocycles. The molecular formula is C6H14N2O4S. The molecule has 78 valence electrons. The molecule has 0 aliphatic rings. The molecular weight excluding hydrogens is 196 g/mol. The molecule has 0 atom stereocenters. The van der Waals surface area contributed by atoms with E-state index in [1.54, 1.807) is 0 Å². The zero-order valence-electron chi connectivity index (χ0n) is 7.23. The second-order valence-corrected chi connectivity index (χ2v) is 4.09. The van der Waals surface area contributed by atoms with Gasteiger partial charge < -0.3 is 15.7 Å². The SMILES string of the molecule is NCCCC(=O)OS(=O)(=O)CCN. The summed E-state index contributed by atoms with van der Waals surface area (Å²) in [7, 11) is -3.78. The number of nitrogens with two attached hydrogens (primary N) is 2. The Bertz CT molecular complexity index is 249. The molecule has 0 rings (SSSR count). The van der Waals surface area contributed by atoms with Crippen molar-refractivity contribution in [3.8, 4) is 0 Å². The Labute approximate surface area is 77.4 Å². The van der Waals surface area contributed by atoms with E-state index in [1.165, 1.54) is 0 Å². The number of carbonyl (C=O) groups excluding carboxylic acids is 1. The highest BCUT2D eigenvalue weighted by Crippen LogP contribution is 1.97. The van der Waals surface area contributed by atoms with Gasteiger partial charge in [-0.2, -0.15) is 8.42 Å². The predicted molar refractivity (Wildman–Crippen MR) is 47.2 cm³/mol. The molecule has 0 aromatic carbocycles. The molecule has 0 spiro atoms. The first kappa shape index (κ1) is 12.3. The van der Waals surface area contributed by atoms with E-state index < -0.39 is 16.1 Å². The van der Waals surface area contributed by atoms with Gasteiger partial charge in [-0.3, -0.25) is 4.79 Å². The van der Waals surface area contributed by atoms with Crippen molar-refractivity contribution >= 4 is 16.1 Å². The van der Waals surface area contributed by atoms with Crippen molar-refractivity contribution in [1.29, 1.82) is 0 Å². The van der Waals surface area contributed by atoms with Crippen molar-refractivity contribution in [2.24, 2.45) is 11.5 Å². The van der Waals surface area contributed by atoms with Gasteiger partial charge in [-0.1, -0.05) is 0 Å². The van der Waals surface area contributed by atoms with Crippen LogP contribution in [0.4, 0.5) is 0 Å². The molecule has 0 unspecified atom stereocenters. The van der Waals surface area contributed by atoms with Gasteiger partial charge in [-0.25, -0.2) is 0 Å². The van der Waals surface area contributed by atoms with Crippen LogP contribution in [-0.2, 0) is 19.1 Å². The summed E-state index contributed by atoms with van der Waals surface area (Å²) in [5, 5.41) is 0. The highest BCUT2D eigenvalue weighted by atomic mass is 32.2. The van der Waals surface area contributed by atoms with Gasteiger partial charge in [0.25, 0.3) is 0 Å². The predicted octanol–water partition coefficient (Wildman–Crippen LogP) is -1.44. The van der Waals surface area contributed by atoms with Gasteiger partial charge in [0.1, 0.15) is 0 Å². The third-order valence-electron chi connectivity index (χ3n) is 1.17. The maximum absolute atomic E-state index is 10.8. The zero-order chi connectivity index (χ0) is 10.3. The average Bonchev–Trinajstić information content (AvgIpc) is 1.99. The van der Waals surface area contributed by atoms with Crippen LogP contribution in [-0.4, -0.2) is 33.2 Å². The number of carbonyl (C=O) groups is 1. The summed E-state index contributed by atoms with van der Waals surface area (Å²) in [5.41, 5.74) is 10.1. The van der Waals surface area contributed by atoms with Crippen molar-refractivity contribution in [2.75, 3.05) is 18.8 Å². The van der Waals surface area contributed by atoms with Crippen molar-refractivity contribution in [3.05, 3.63) is 0 Å². The minimum absolute atomic E-state index is 0.0142. The lowest BCUT2D eigenvalue weighted by Gasteiger charge is -2.02. The van der Waals surface area contributed by atoms with Crippen molar-refractivity contribution in [2.45, 2.75) is 12.8 Å². The molecule has 0 saturated heterocycles. The Balaban J connectivity index is 3.90. The van der Waals surface area contributed by atoms with Crippen LogP contribution in [0.3, 0.4) is 0 Å². The molecule has 0 heterocycles. The quantitative estimate of drug-likeness (QED) is 0.519. The van der Waals surface area contributed by atoms with Gasteiger partial charge in [-0.05, 0) is 13.0 Å². The molecule has 0 aliphatic carbocycles. The van der Waals surface area contributed by atoms with Gasteiger partial charge in [0.2, 0.25) is 0 Å². The third kappa shape index (κ3) is 6.50. The Morgan fingerprint density at radius 2 is 1.85 bits per heavy atom. The highest BCUT2D eigenvalue weighted by molar-refractivity contribution is 7.87. The molecule has 7 heteroatoms. The summed E-state index contributed by atoms with van der Waals surface area (Å²) in [5.74, 6) is -1.12. The van der Waals surface area contributed by atoms with Crippen molar-refractivity contribution in [1.82, 2.24) is 0 Å². The maximum Gasteiger partial charge on any atom is 0.322 e. The molecule has 13 heavy (non-hydrogen) atoms. The van der Waals surface area contributed by atoms with Gasteiger partial charge >= 0.3 is 16.1 Å². The fraction of sp³-hybridized carbons (Fsp3) is 0.833. The van der Waals surface area contributed by atoms with E-state index in [1.807, 2.05) is 0 Å². The van der Waals surface area contributed by atoms with E-state index in [4.69, 9.17) is 11.5 Å². The molecule has 4 N–H and O–H groups in total. The summed E-state index contributed by atoms with van der Waals surface area (Å²) >= 11 is 0. The molecule has 6 nitrogen and oxygen atoms in total. The fourth-order valence-electron chi connectivity index (χ4n) is 0.616. The Morgan fingerprint density at radius 3 is 2.31 bits per heavy atom. The highest BCUT2D eigenvalue weighted by Gasteiger charge is 2.15. The lowest BCUT2D eigenvalue weighted by molar-refractivity contribution is -0.133. The molecule has 0 aromatic heterocycles. The normalized spacial score (nSPS) is 11.2. The standard InChI is InChI=1S/C6H14N2O4S/c7-3-1-2-6(9)12-13(10,11)5-4-8/h1-5,7-8H2. The number of hydrogen-bond acceptors (Lipinski definition) is 6. The smallest absolute Gasteiger partial charge is 0.322 e. The van der Waals surface area contributed by atoms with Gasteiger partial charge in [0.15, 0.2) is 0 Å². The van der Waals surface area contributed by atoms with Crippen LogP contribution >= 0.6 is 0 Å². The van der Waals surface area contributed by atoms with Crippen molar-refractivity contribution < 1.29 is 17.4 Å². The molecule has 0 aromatic rings. The summed E-state index contributed by atoms with van der Waals surface area (Å²) < 4.78 is 25.9. The third-order valence-corrected chi connectivity index (χ3v) is 2.35.